The third-order valence-corrected chi connectivity index (χ3v) is 1.87. The van der Waals surface area contributed by atoms with Gasteiger partial charge in [0.15, 0.2) is 0 Å². The van der Waals surface area contributed by atoms with Crippen molar-refractivity contribution < 1.29 is 0 Å². The molecule has 0 fully saturated rings. The molecule has 2 nitrogen and oxygen atoms in total. The lowest BCUT2D eigenvalue weighted by molar-refractivity contribution is 1.24. The number of aryl methyl sites for hydroxylation is 1. The number of anilines is 1. The molecule has 0 bridgehead atoms. The highest BCUT2D eigenvalue weighted by atomic mass is 35.5. The van der Waals surface area contributed by atoms with Crippen molar-refractivity contribution in [1.29, 1.82) is 0 Å². The molecule has 1 N–H and O–H groups in total. The molecule has 0 spiro atoms. The highest BCUT2D eigenvalue weighted by Gasteiger charge is 2.03. The molecule has 0 saturated heterocycles. The molecule has 0 aliphatic carbocycles. The first-order valence-electron chi connectivity index (χ1n) is 3.66. The molecule has 0 aliphatic heterocycles. The van der Waals surface area contributed by atoms with Gasteiger partial charge in [-0.25, -0.2) is 4.98 Å². The molecule has 12 heavy (non-hydrogen) atoms. The lowest BCUT2D eigenvalue weighted by Crippen LogP contribution is -1.97. The van der Waals surface area contributed by atoms with Gasteiger partial charge in [-0.3, -0.25) is 0 Å². The lowest BCUT2D eigenvalue weighted by Gasteiger charge is -2.07. The molecule has 0 unspecified atom stereocenters. The summed E-state index contributed by atoms with van der Waals surface area (Å²) in [6, 6.07) is 1.82. The van der Waals surface area contributed by atoms with Gasteiger partial charge >= 0.3 is 0 Å². The van der Waals surface area contributed by atoms with Crippen LogP contribution >= 0.6 is 11.6 Å². The maximum absolute atomic E-state index is 5.77. The first-order valence-corrected chi connectivity index (χ1v) is 4.04. The Bertz CT molecular complexity index is 308. The molecule has 0 aliphatic rings. The Balaban J connectivity index is 3.33. The maximum Gasteiger partial charge on any atom is 0.135 e. The van der Waals surface area contributed by atoms with E-state index in [2.05, 4.69) is 16.9 Å². The normalized spacial score (nSPS) is 9.58. The predicted molar refractivity (Wildman–Crippen MR) is 53.6 cm³/mol. The Hall–Kier alpha value is -1.02. The average molecular weight is 183 g/mol. The summed E-state index contributed by atoms with van der Waals surface area (Å²) in [5.74, 6) is 0.773. The van der Waals surface area contributed by atoms with Crippen LogP contribution in [0, 0.1) is 6.92 Å². The van der Waals surface area contributed by atoms with Crippen LogP contribution in [0.1, 0.15) is 11.1 Å². The van der Waals surface area contributed by atoms with Gasteiger partial charge in [-0.2, -0.15) is 0 Å². The summed E-state index contributed by atoms with van der Waals surface area (Å²) in [5, 5.41) is 3.46. The predicted octanol–water partition coefficient (Wildman–Crippen LogP) is 2.73. The van der Waals surface area contributed by atoms with E-state index in [4.69, 9.17) is 11.6 Å². The van der Waals surface area contributed by atoms with E-state index in [0.717, 1.165) is 16.9 Å². The average Bonchev–Trinajstić information content (AvgIpc) is 2.03. The summed E-state index contributed by atoms with van der Waals surface area (Å²) in [6.45, 7) is 5.68. The third-order valence-electron chi connectivity index (χ3n) is 1.68. The van der Waals surface area contributed by atoms with E-state index in [1.165, 1.54) is 0 Å². The fraction of sp³-hybridized carbons (Fsp3) is 0.222. The van der Waals surface area contributed by atoms with E-state index in [-0.39, 0.29) is 0 Å². The van der Waals surface area contributed by atoms with Gasteiger partial charge in [0.25, 0.3) is 0 Å². The number of halogens is 1. The Morgan fingerprint density at radius 1 is 1.67 bits per heavy atom. The van der Waals surface area contributed by atoms with Crippen LogP contribution in [0.2, 0.25) is 5.15 Å². The van der Waals surface area contributed by atoms with E-state index in [0.29, 0.717) is 5.15 Å². The topological polar surface area (TPSA) is 24.9 Å². The minimum atomic E-state index is 0.502. The van der Waals surface area contributed by atoms with Crippen LogP contribution in [0.15, 0.2) is 12.6 Å². The van der Waals surface area contributed by atoms with Crippen LogP contribution in [0.5, 0.6) is 0 Å². The molecular formula is C9H11ClN2. The van der Waals surface area contributed by atoms with Crippen LogP contribution in [0.4, 0.5) is 5.82 Å². The van der Waals surface area contributed by atoms with Gasteiger partial charge in [0.2, 0.25) is 0 Å². The largest absolute Gasteiger partial charge is 0.373 e. The summed E-state index contributed by atoms with van der Waals surface area (Å²) in [5.41, 5.74) is 2.08. The van der Waals surface area contributed by atoms with E-state index < -0.39 is 0 Å². The van der Waals surface area contributed by atoms with Gasteiger partial charge in [0.05, 0.1) is 0 Å². The maximum atomic E-state index is 5.77. The van der Waals surface area contributed by atoms with Gasteiger partial charge in [-0.05, 0) is 18.6 Å². The van der Waals surface area contributed by atoms with Crippen molar-refractivity contribution in [2.75, 3.05) is 12.4 Å². The second-order valence-electron chi connectivity index (χ2n) is 2.48. The van der Waals surface area contributed by atoms with Crippen molar-refractivity contribution in [1.82, 2.24) is 4.98 Å². The monoisotopic (exact) mass is 182 g/mol. The molecule has 64 valence electrons. The lowest BCUT2D eigenvalue weighted by atomic mass is 10.1. The van der Waals surface area contributed by atoms with E-state index in [1.807, 2.05) is 20.0 Å². The van der Waals surface area contributed by atoms with Crippen molar-refractivity contribution >= 4 is 23.5 Å². The Kier molecular flexibility index (Phi) is 2.71. The zero-order valence-corrected chi connectivity index (χ0v) is 7.94. The molecule has 0 amide bonds. The number of pyridine rings is 1. The first-order chi connectivity index (χ1) is 5.69. The highest BCUT2D eigenvalue weighted by molar-refractivity contribution is 6.29. The smallest absolute Gasteiger partial charge is 0.135 e. The molecule has 0 aromatic carbocycles. The van der Waals surface area contributed by atoms with Crippen LogP contribution in [-0.2, 0) is 0 Å². The quantitative estimate of drug-likeness (QED) is 0.712. The van der Waals surface area contributed by atoms with Gasteiger partial charge in [0.1, 0.15) is 11.0 Å². The summed E-state index contributed by atoms with van der Waals surface area (Å²) >= 11 is 5.77. The highest BCUT2D eigenvalue weighted by Crippen LogP contribution is 2.21. The first kappa shape index (κ1) is 9.07. The van der Waals surface area contributed by atoms with E-state index in [1.54, 1.807) is 6.08 Å². The number of nitrogens with zero attached hydrogens (tertiary/aromatic N) is 1. The summed E-state index contributed by atoms with van der Waals surface area (Å²) in [6.07, 6.45) is 1.77. The molecule has 0 radical (unpaired) electrons. The second-order valence-corrected chi connectivity index (χ2v) is 2.87. The molecular weight excluding hydrogens is 172 g/mol. The molecule has 0 saturated carbocycles. The summed E-state index contributed by atoms with van der Waals surface area (Å²) in [7, 11) is 1.81. The molecule has 3 heteroatoms. The number of nitrogens with one attached hydrogen (secondary N) is 1. The minimum Gasteiger partial charge on any atom is -0.373 e. The number of hydrogen-bond acceptors (Lipinski definition) is 2. The SMILES string of the molecule is C=Cc1c(C)cc(Cl)nc1NC. The molecule has 1 heterocycles. The third kappa shape index (κ3) is 1.59. The van der Waals surface area contributed by atoms with E-state index >= 15 is 0 Å². The van der Waals surface area contributed by atoms with Crippen LogP contribution in [-0.4, -0.2) is 12.0 Å². The zero-order chi connectivity index (χ0) is 9.14. The van der Waals surface area contributed by atoms with Crippen LogP contribution < -0.4 is 5.32 Å². The van der Waals surface area contributed by atoms with Crippen molar-refractivity contribution in [2.45, 2.75) is 6.92 Å². The Labute approximate surface area is 77.3 Å². The fourth-order valence-corrected chi connectivity index (χ4v) is 1.34. The van der Waals surface area contributed by atoms with Gasteiger partial charge in [-0.1, -0.05) is 24.3 Å². The standard InChI is InChI=1S/C9H11ClN2/c1-4-7-6(2)5-8(10)12-9(7)11-3/h4-5H,1H2,2-3H3,(H,11,12). The van der Waals surface area contributed by atoms with Gasteiger partial charge in [0, 0.05) is 12.6 Å². The Morgan fingerprint density at radius 3 is 2.83 bits per heavy atom. The fourth-order valence-electron chi connectivity index (χ4n) is 1.09. The molecule has 0 atom stereocenters. The number of rotatable bonds is 2. The number of aromatic nitrogens is 1. The number of hydrogen-bond donors (Lipinski definition) is 1. The van der Waals surface area contributed by atoms with Crippen molar-refractivity contribution in [3.63, 3.8) is 0 Å². The molecule has 1 aromatic rings. The molecule has 1 aromatic heterocycles. The molecule has 1 rings (SSSR count). The van der Waals surface area contributed by atoms with Crippen LogP contribution in [0.3, 0.4) is 0 Å². The zero-order valence-electron chi connectivity index (χ0n) is 7.19. The van der Waals surface area contributed by atoms with Crippen molar-refractivity contribution in [3.8, 4) is 0 Å². The summed E-state index contributed by atoms with van der Waals surface area (Å²) < 4.78 is 0. The Morgan fingerprint density at radius 2 is 2.33 bits per heavy atom. The minimum absolute atomic E-state index is 0.502. The summed E-state index contributed by atoms with van der Waals surface area (Å²) in [4.78, 5) is 4.11. The van der Waals surface area contributed by atoms with Crippen molar-refractivity contribution in [2.24, 2.45) is 0 Å². The van der Waals surface area contributed by atoms with Gasteiger partial charge < -0.3 is 5.32 Å². The van der Waals surface area contributed by atoms with Crippen molar-refractivity contribution in [3.05, 3.63) is 28.9 Å². The van der Waals surface area contributed by atoms with E-state index in [9.17, 15) is 0 Å². The second kappa shape index (κ2) is 3.59. The van der Waals surface area contributed by atoms with Gasteiger partial charge in [-0.15, -0.1) is 0 Å². The van der Waals surface area contributed by atoms with Crippen LogP contribution in [0.25, 0.3) is 6.08 Å².